The lowest BCUT2D eigenvalue weighted by molar-refractivity contribution is -0.141. The van der Waals surface area contributed by atoms with Gasteiger partial charge in [-0.3, -0.25) is 24.0 Å². The molecule has 0 aromatic carbocycles. The summed E-state index contributed by atoms with van der Waals surface area (Å²) >= 11 is 0. The summed E-state index contributed by atoms with van der Waals surface area (Å²) in [6.45, 7) is 18.3. The van der Waals surface area contributed by atoms with Gasteiger partial charge < -0.3 is 23.7 Å². The third-order valence-electron chi connectivity index (χ3n) is 9.24. The van der Waals surface area contributed by atoms with Crippen LogP contribution in [0, 0.1) is 0 Å². The van der Waals surface area contributed by atoms with Gasteiger partial charge in [-0.15, -0.1) is 0 Å². The zero-order chi connectivity index (χ0) is 46.2. The van der Waals surface area contributed by atoms with E-state index in [4.69, 9.17) is 0 Å². The van der Waals surface area contributed by atoms with Gasteiger partial charge in [0.05, 0.1) is 33.0 Å². The summed E-state index contributed by atoms with van der Waals surface area (Å²) < 4.78 is 22.0. The van der Waals surface area contributed by atoms with Gasteiger partial charge in [-0.1, -0.05) is 193 Å². The first-order valence-electron chi connectivity index (χ1n) is 24.5. The van der Waals surface area contributed by atoms with Gasteiger partial charge in [-0.2, -0.15) is 0 Å². The molecule has 0 atom stereocenters. The summed E-state index contributed by atoms with van der Waals surface area (Å²) in [6, 6.07) is 0. The fraction of sp³-hybridized carbons (Fsp3) is 0.900. The number of hydrogen-bond acceptors (Lipinski definition) is 10. The van der Waals surface area contributed by atoms with Crippen molar-refractivity contribution in [1.82, 2.24) is 0 Å². The molecule has 10 heteroatoms. The lowest BCUT2D eigenvalue weighted by atomic mass is 10.0. The molecule has 10 nitrogen and oxygen atoms in total. The standard InChI is InChI=1S/5C6H12.5C4H8O2/c5*1-2-4-6-5-3-1;5*1-3-6-4(2)5/h5*1-6H2;5*3H2,1-2H3. The molecule has 0 unspecified atom stereocenters. The van der Waals surface area contributed by atoms with Crippen molar-refractivity contribution in [3.63, 3.8) is 0 Å². The van der Waals surface area contributed by atoms with Crippen LogP contribution < -0.4 is 0 Å². The first kappa shape index (κ1) is 66.4. The van der Waals surface area contributed by atoms with Gasteiger partial charge in [0.15, 0.2) is 0 Å². The average Bonchev–Trinajstić information content (AvgIpc) is 3.26. The Bertz CT molecular complexity index is 637. The minimum Gasteiger partial charge on any atom is -0.466 e. The van der Waals surface area contributed by atoms with Gasteiger partial charge in [0, 0.05) is 34.6 Å². The molecule has 0 radical (unpaired) electrons. The molecule has 0 bridgehead atoms. The zero-order valence-corrected chi connectivity index (χ0v) is 41.3. The first-order chi connectivity index (χ1) is 28.9. The van der Waals surface area contributed by atoms with Gasteiger partial charge in [-0.25, -0.2) is 0 Å². The molecule has 5 rings (SSSR count). The number of carbonyl (C=O) groups is 5. The van der Waals surface area contributed by atoms with Gasteiger partial charge in [0.2, 0.25) is 0 Å². The quantitative estimate of drug-likeness (QED) is 0.194. The summed E-state index contributed by atoms with van der Waals surface area (Å²) in [5.41, 5.74) is 0. The van der Waals surface area contributed by atoms with E-state index in [0.29, 0.717) is 33.0 Å². The van der Waals surface area contributed by atoms with Crippen molar-refractivity contribution in [3.05, 3.63) is 0 Å². The maximum absolute atomic E-state index is 9.82. The Kier molecular flexibility index (Phi) is 69.8. The maximum atomic E-state index is 9.82. The molecule has 0 heterocycles. The number of hydrogen-bond donors (Lipinski definition) is 0. The van der Waals surface area contributed by atoms with Crippen LogP contribution in [0.2, 0.25) is 0 Å². The molecule has 5 aliphatic carbocycles. The van der Waals surface area contributed by atoms with Crippen LogP contribution >= 0.6 is 0 Å². The molecule has 0 amide bonds. The first-order valence-corrected chi connectivity index (χ1v) is 24.5. The Morgan fingerprint density at radius 2 is 0.283 bits per heavy atom. The third kappa shape index (κ3) is 91.2. The summed E-state index contributed by atoms with van der Waals surface area (Å²) in [7, 11) is 0. The van der Waals surface area contributed by atoms with Crippen LogP contribution in [0.4, 0.5) is 0 Å². The summed E-state index contributed by atoms with van der Waals surface area (Å²) in [5, 5.41) is 0. The molecule has 5 fully saturated rings. The van der Waals surface area contributed by atoms with Crippen molar-refractivity contribution < 1.29 is 47.7 Å². The van der Waals surface area contributed by atoms with E-state index in [9.17, 15) is 24.0 Å². The second-order valence-corrected chi connectivity index (χ2v) is 15.2. The van der Waals surface area contributed by atoms with Crippen LogP contribution in [-0.2, 0) is 47.7 Å². The second-order valence-electron chi connectivity index (χ2n) is 15.2. The third-order valence-corrected chi connectivity index (χ3v) is 9.24. The molecule has 0 saturated heterocycles. The lowest BCUT2D eigenvalue weighted by Crippen LogP contribution is -1.95. The maximum Gasteiger partial charge on any atom is 0.302 e. The van der Waals surface area contributed by atoms with E-state index in [2.05, 4.69) is 23.7 Å². The fourth-order valence-corrected chi connectivity index (χ4v) is 6.32. The number of ether oxygens (including phenoxy) is 5. The van der Waals surface area contributed by atoms with Crippen LogP contribution in [0.5, 0.6) is 0 Å². The highest BCUT2D eigenvalue weighted by Gasteiger charge is 1.98. The normalized spacial score (nSPS) is 15.8. The molecular weight excluding hydrogens is 761 g/mol. The predicted octanol–water partition coefficient (Wildman–Crippen LogP) is 14.5. The molecule has 0 N–H and O–H groups in total. The lowest BCUT2D eigenvalue weighted by Gasteiger charge is -2.05. The van der Waals surface area contributed by atoms with Crippen LogP contribution in [0.3, 0.4) is 0 Å². The van der Waals surface area contributed by atoms with Crippen molar-refractivity contribution in [2.24, 2.45) is 0 Å². The Labute approximate surface area is 371 Å². The van der Waals surface area contributed by atoms with Crippen LogP contribution in [-0.4, -0.2) is 62.9 Å². The van der Waals surface area contributed by atoms with E-state index in [-0.39, 0.29) is 29.8 Å². The van der Waals surface area contributed by atoms with Crippen molar-refractivity contribution in [3.8, 4) is 0 Å². The average molecular weight is 861 g/mol. The monoisotopic (exact) mass is 861 g/mol. The van der Waals surface area contributed by atoms with Crippen molar-refractivity contribution in [1.29, 1.82) is 0 Å². The minimum absolute atomic E-state index is 0.211. The Balaban J connectivity index is -0.000000187. The molecule has 0 spiro atoms. The second kappa shape index (κ2) is 63.0. The van der Waals surface area contributed by atoms with Crippen molar-refractivity contribution in [2.75, 3.05) is 33.0 Å². The van der Waals surface area contributed by atoms with E-state index in [0.717, 1.165) is 0 Å². The molecule has 0 aromatic heterocycles. The van der Waals surface area contributed by atoms with Gasteiger partial charge in [0.25, 0.3) is 0 Å². The zero-order valence-electron chi connectivity index (χ0n) is 41.3. The minimum atomic E-state index is -0.211. The van der Waals surface area contributed by atoms with Crippen molar-refractivity contribution in [2.45, 2.75) is 262 Å². The Morgan fingerprint density at radius 1 is 0.217 bits per heavy atom. The number of rotatable bonds is 5. The van der Waals surface area contributed by atoms with Crippen molar-refractivity contribution >= 4 is 29.8 Å². The van der Waals surface area contributed by atoms with E-state index >= 15 is 0 Å². The molecule has 60 heavy (non-hydrogen) atoms. The fourth-order valence-electron chi connectivity index (χ4n) is 6.32. The van der Waals surface area contributed by atoms with Gasteiger partial charge >= 0.3 is 29.8 Å². The Hall–Kier alpha value is -2.65. The van der Waals surface area contributed by atoms with Crippen LogP contribution in [0.1, 0.15) is 262 Å². The highest BCUT2D eigenvalue weighted by Crippen LogP contribution is 2.17. The molecule has 0 aromatic rings. The Morgan fingerprint density at radius 3 is 0.300 bits per heavy atom. The van der Waals surface area contributed by atoms with Crippen LogP contribution in [0.25, 0.3) is 0 Å². The topological polar surface area (TPSA) is 132 Å². The molecule has 0 aliphatic heterocycles. The predicted molar refractivity (Wildman–Crippen MR) is 250 cm³/mol. The van der Waals surface area contributed by atoms with E-state index in [1.54, 1.807) is 34.6 Å². The highest BCUT2D eigenvalue weighted by atomic mass is 16.5. The summed E-state index contributed by atoms with van der Waals surface area (Å²) in [4.78, 5) is 49.1. The van der Waals surface area contributed by atoms with E-state index < -0.39 is 0 Å². The molecule has 5 saturated carbocycles. The summed E-state index contributed by atoms with van der Waals surface area (Å²) in [6.07, 6.45) is 45.0. The number of carbonyl (C=O) groups excluding carboxylic acids is 5. The van der Waals surface area contributed by atoms with E-state index in [1.807, 2.05) is 0 Å². The van der Waals surface area contributed by atoms with Gasteiger partial charge in [0.1, 0.15) is 0 Å². The summed E-state index contributed by atoms with van der Waals surface area (Å²) in [5.74, 6) is -1.05. The molecule has 5 aliphatic rings. The van der Waals surface area contributed by atoms with Crippen LogP contribution in [0.15, 0.2) is 0 Å². The van der Waals surface area contributed by atoms with E-state index in [1.165, 1.54) is 227 Å². The number of esters is 5. The molecular formula is C50H100O10. The SMILES string of the molecule is C1CCCCC1.C1CCCCC1.C1CCCCC1.C1CCCCC1.C1CCCCC1.CCOC(C)=O.CCOC(C)=O.CCOC(C)=O.CCOC(C)=O.CCOC(C)=O. The molecule has 360 valence electrons. The highest BCUT2D eigenvalue weighted by molar-refractivity contribution is 5.66. The smallest absolute Gasteiger partial charge is 0.302 e. The largest absolute Gasteiger partial charge is 0.466 e. The van der Waals surface area contributed by atoms with Gasteiger partial charge in [-0.05, 0) is 34.6 Å².